The topological polar surface area (TPSA) is 73.9 Å². The van der Waals surface area contributed by atoms with Gasteiger partial charge in [0.25, 0.3) is 0 Å². The summed E-state index contributed by atoms with van der Waals surface area (Å²) in [5.74, 6) is 0.0619. The van der Waals surface area contributed by atoms with E-state index in [-0.39, 0.29) is 30.1 Å². The number of hydrogen-bond acceptors (Lipinski definition) is 4. The van der Waals surface area contributed by atoms with Gasteiger partial charge in [0, 0.05) is 38.7 Å². The molecule has 0 aromatic rings. The van der Waals surface area contributed by atoms with Crippen LogP contribution in [-0.2, 0) is 9.53 Å². The summed E-state index contributed by atoms with van der Waals surface area (Å²) in [6, 6.07) is -0.0967. The van der Waals surface area contributed by atoms with Gasteiger partial charge < -0.3 is 25.2 Å². The number of hydrogen-bond donors (Lipinski definition) is 2. The molecular weight excluding hydrogens is 296 g/mol. The largest absolute Gasteiger partial charge is 0.376 e. The van der Waals surface area contributed by atoms with Gasteiger partial charge in [-0.25, -0.2) is 4.79 Å². The molecule has 0 spiro atoms. The van der Waals surface area contributed by atoms with E-state index in [1.165, 1.54) is 0 Å². The van der Waals surface area contributed by atoms with Crippen LogP contribution in [0.2, 0.25) is 0 Å². The lowest BCUT2D eigenvalue weighted by molar-refractivity contribution is -0.123. The third-order valence-corrected chi connectivity index (χ3v) is 4.54. The third kappa shape index (κ3) is 5.66. The molecule has 0 bridgehead atoms. The summed E-state index contributed by atoms with van der Waals surface area (Å²) >= 11 is 0. The second-order valence-electron chi connectivity index (χ2n) is 6.84. The van der Waals surface area contributed by atoms with Gasteiger partial charge in [-0.1, -0.05) is 0 Å². The first kappa shape index (κ1) is 18.0. The average Bonchev–Trinajstić information content (AvgIpc) is 2.99. The van der Waals surface area contributed by atoms with Crippen molar-refractivity contribution in [2.45, 2.75) is 50.8 Å². The highest BCUT2D eigenvalue weighted by molar-refractivity contribution is 5.78. The highest BCUT2D eigenvalue weighted by atomic mass is 16.5. The van der Waals surface area contributed by atoms with Crippen LogP contribution in [0, 0.1) is 0 Å². The van der Waals surface area contributed by atoms with Crippen LogP contribution in [0.4, 0.5) is 4.79 Å². The van der Waals surface area contributed by atoms with Crippen LogP contribution in [-0.4, -0.2) is 80.3 Å². The van der Waals surface area contributed by atoms with E-state index < -0.39 is 0 Å². The Kier molecular flexibility index (Phi) is 6.65. The lowest BCUT2D eigenvalue weighted by atomic mass is 9.99. The Hall–Kier alpha value is -1.34. The molecule has 132 valence electrons. The maximum atomic E-state index is 12.7. The van der Waals surface area contributed by atoms with E-state index in [0.29, 0.717) is 25.9 Å². The lowest BCUT2D eigenvalue weighted by Gasteiger charge is -2.33. The summed E-state index contributed by atoms with van der Waals surface area (Å²) in [5.41, 5.74) is 0. The van der Waals surface area contributed by atoms with E-state index in [0.717, 1.165) is 26.0 Å². The van der Waals surface area contributed by atoms with E-state index in [9.17, 15) is 9.59 Å². The molecule has 7 nitrogen and oxygen atoms in total. The van der Waals surface area contributed by atoms with E-state index in [1.807, 2.05) is 25.9 Å². The molecule has 0 aromatic carbocycles. The monoisotopic (exact) mass is 326 g/mol. The van der Waals surface area contributed by atoms with Crippen LogP contribution in [0.15, 0.2) is 0 Å². The molecule has 2 rings (SSSR count). The number of likely N-dealkylation sites (N-methyl/N-ethyl adjacent to an activating group) is 1. The van der Waals surface area contributed by atoms with Gasteiger partial charge in [-0.2, -0.15) is 0 Å². The average molecular weight is 326 g/mol. The maximum Gasteiger partial charge on any atom is 0.317 e. The summed E-state index contributed by atoms with van der Waals surface area (Å²) in [6.45, 7) is 4.85. The number of amides is 3. The van der Waals surface area contributed by atoms with Gasteiger partial charge >= 0.3 is 6.03 Å². The van der Waals surface area contributed by atoms with Crippen molar-refractivity contribution in [2.24, 2.45) is 0 Å². The van der Waals surface area contributed by atoms with Gasteiger partial charge in [0.1, 0.15) is 0 Å². The van der Waals surface area contributed by atoms with Gasteiger partial charge in [0.15, 0.2) is 0 Å². The van der Waals surface area contributed by atoms with Crippen LogP contribution in [0.5, 0.6) is 0 Å². The van der Waals surface area contributed by atoms with Crippen molar-refractivity contribution in [3.05, 3.63) is 0 Å². The van der Waals surface area contributed by atoms with Crippen molar-refractivity contribution in [1.82, 2.24) is 20.4 Å². The van der Waals surface area contributed by atoms with Crippen molar-refractivity contribution >= 4 is 11.9 Å². The van der Waals surface area contributed by atoms with Crippen molar-refractivity contribution in [3.63, 3.8) is 0 Å². The zero-order chi connectivity index (χ0) is 16.8. The number of urea groups is 1. The number of rotatable bonds is 6. The van der Waals surface area contributed by atoms with E-state index in [2.05, 4.69) is 15.5 Å². The van der Waals surface area contributed by atoms with E-state index in [4.69, 9.17) is 4.74 Å². The Balaban J connectivity index is 1.90. The first-order valence-corrected chi connectivity index (χ1v) is 8.57. The fraction of sp³-hybridized carbons (Fsp3) is 0.875. The zero-order valence-electron chi connectivity index (χ0n) is 14.5. The number of carbonyl (C=O) groups excluding carboxylic acids is 2. The molecular formula is C16H30N4O3. The fourth-order valence-corrected chi connectivity index (χ4v) is 3.04. The first-order valence-electron chi connectivity index (χ1n) is 8.57. The van der Waals surface area contributed by atoms with E-state index >= 15 is 0 Å². The molecule has 2 N–H and O–H groups in total. The van der Waals surface area contributed by atoms with Crippen LogP contribution < -0.4 is 10.6 Å². The molecule has 0 aliphatic carbocycles. The highest BCUT2D eigenvalue weighted by Gasteiger charge is 2.29. The number of nitrogens with one attached hydrogen (secondary N) is 2. The van der Waals surface area contributed by atoms with Crippen molar-refractivity contribution in [2.75, 3.05) is 40.3 Å². The second-order valence-corrected chi connectivity index (χ2v) is 6.84. The predicted octanol–water partition coefficient (Wildman–Crippen LogP) is 0.406. The highest BCUT2D eigenvalue weighted by Crippen LogP contribution is 2.14. The molecule has 2 fully saturated rings. The molecule has 3 atom stereocenters. The smallest absolute Gasteiger partial charge is 0.317 e. The molecule has 3 amide bonds. The Morgan fingerprint density at radius 2 is 2.13 bits per heavy atom. The molecule has 0 saturated carbocycles. The number of carbonyl (C=O) groups is 2. The standard InChI is InChI=1S/C16H30N4O3/c1-12-14(6-7-15(21)17-12)18-16(22)20(9-8-19(2)3)11-13-5-4-10-23-13/h12-14H,4-11H2,1-3H3,(H,17,21)(H,18,22). The Bertz CT molecular complexity index is 410. The Labute approximate surface area is 138 Å². The third-order valence-electron chi connectivity index (χ3n) is 4.54. The molecule has 2 saturated heterocycles. The summed E-state index contributed by atoms with van der Waals surface area (Å²) in [5, 5.41) is 5.98. The zero-order valence-corrected chi connectivity index (χ0v) is 14.5. The summed E-state index contributed by atoms with van der Waals surface area (Å²) < 4.78 is 5.67. The maximum absolute atomic E-state index is 12.7. The second kappa shape index (κ2) is 8.49. The fourth-order valence-electron chi connectivity index (χ4n) is 3.04. The van der Waals surface area contributed by atoms with Gasteiger partial charge in [0.2, 0.25) is 5.91 Å². The number of nitrogens with zero attached hydrogens (tertiary/aromatic N) is 2. The molecule has 7 heteroatoms. The molecule has 2 heterocycles. The van der Waals surface area contributed by atoms with Gasteiger partial charge in [-0.3, -0.25) is 4.79 Å². The van der Waals surface area contributed by atoms with Gasteiger partial charge in [-0.05, 0) is 40.3 Å². The van der Waals surface area contributed by atoms with Crippen LogP contribution in [0.3, 0.4) is 0 Å². The summed E-state index contributed by atoms with van der Waals surface area (Å²) in [6.07, 6.45) is 3.39. The normalized spacial score (nSPS) is 27.8. The van der Waals surface area contributed by atoms with Gasteiger partial charge in [-0.15, -0.1) is 0 Å². The van der Waals surface area contributed by atoms with Crippen molar-refractivity contribution in [1.29, 1.82) is 0 Å². The molecule has 23 heavy (non-hydrogen) atoms. The number of piperidine rings is 1. The summed E-state index contributed by atoms with van der Waals surface area (Å²) in [7, 11) is 4.00. The Morgan fingerprint density at radius 3 is 2.74 bits per heavy atom. The van der Waals surface area contributed by atoms with Gasteiger partial charge in [0.05, 0.1) is 12.1 Å². The van der Waals surface area contributed by atoms with Crippen LogP contribution >= 0.6 is 0 Å². The lowest BCUT2D eigenvalue weighted by Crippen LogP contribution is -2.57. The summed E-state index contributed by atoms with van der Waals surface area (Å²) in [4.78, 5) is 28.0. The van der Waals surface area contributed by atoms with Crippen LogP contribution in [0.25, 0.3) is 0 Å². The minimum atomic E-state index is -0.0599. The molecule has 0 radical (unpaired) electrons. The Morgan fingerprint density at radius 1 is 1.35 bits per heavy atom. The quantitative estimate of drug-likeness (QED) is 0.741. The molecule has 0 aromatic heterocycles. The number of ether oxygens (including phenoxy) is 1. The minimum Gasteiger partial charge on any atom is -0.376 e. The van der Waals surface area contributed by atoms with Crippen molar-refractivity contribution in [3.8, 4) is 0 Å². The molecule has 2 aliphatic heterocycles. The molecule has 3 unspecified atom stereocenters. The van der Waals surface area contributed by atoms with Crippen LogP contribution in [0.1, 0.15) is 32.6 Å². The predicted molar refractivity (Wildman–Crippen MR) is 88.3 cm³/mol. The SMILES string of the molecule is CC1NC(=O)CCC1NC(=O)N(CCN(C)C)CC1CCCO1. The van der Waals surface area contributed by atoms with E-state index in [1.54, 1.807) is 0 Å². The van der Waals surface area contributed by atoms with Crippen molar-refractivity contribution < 1.29 is 14.3 Å². The first-order chi connectivity index (χ1) is 11.0. The molecule has 2 aliphatic rings. The minimum absolute atomic E-state index is 0.00782.